The van der Waals surface area contributed by atoms with Crippen LogP contribution in [0, 0.1) is 17.2 Å². The topological polar surface area (TPSA) is 69.0 Å². The maximum absolute atomic E-state index is 11.8. The van der Waals surface area contributed by atoms with Crippen molar-refractivity contribution in [2.24, 2.45) is 5.92 Å². The van der Waals surface area contributed by atoms with E-state index in [1.54, 1.807) is 18.5 Å². The summed E-state index contributed by atoms with van der Waals surface area (Å²) < 4.78 is 0. The van der Waals surface area contributed by atoms with Crippen LogP contribution in [0.2, 0.25) is 0 Å². The number of carbonyl (C=O) groups is 1. The third-order valence-electron chi connectivity index (χ3n) is 3.44. The summed E-state index contributed by atoms with van der Waals surface area (Å²) in [5, 5.41) is 12.0. The van der Waals surface area contributed by atoms with Crippen LogP contribution in [-0.4, -0.2) is 30.0 Å². The molecule has 2 fully saturated rings. The van der Waals surface area contributed by atoms with Crippen LogP contribution in [0.1, 0.15) is 18.4 Å². The van der Waals surface area contributed by atoms with E-state index in [1.807, 2.05) is 4.90 Å². The summed E-state index contributed by atoms with van der Waals surface area (Å²) in [5.41, 5.74) is 1.45. The first-order chi connectivity index (χ1) is 8.78. The van der Waals surface area contributed by atoms with Crippen LogP contribution in [0.3, 0.4) is 0 Å². The molecule has 18 heavy (non-hydrogen) atoms. The first kappa shape index (κ1) is 11.0. The zero-order valence-corrected chi connectivity index (χ0v) is 9.97. The molecule has 1 aliphatic carbocycles. The molecule has 0 unspecified atom stereocenters. The second-order valence-electron chi connectivity index (χ2n) is 4.89. The van der Waals surface area contributed by atoms with Crippen molar-refractivity contribution >= 4 is 11.6 Å². The van der Waals surface area contributed by atoms with Crippen molar-refractivity contribution in [2.75, 3.05) is 18.0 Å². The molecule has 0 radical (unpaired) electrons. The van der Waals surface area contributed by atoms with E-state index in [4.69, 9.17) is 5.26 Å². The Labute approximate surface area is 105 Å². The number of nitrogens with zero attached hydrogens (tertiary/aromatic N) is 3. The summed E-state index contributed by atoms with van der Waals surface area (Å²) in [7, 11) is 0. The van der Waals surface area contributed by atoms with Crippen molar-refractivity contribution in [3.8, 4) is 6.07 Å². The zero-order chi connectivity index (χ0) is 12.5. The van der Waals surface area contributed by atoms with Crippen molar-refractivity contribution < 1.29 is 4.79 Å². The molecule has 1 aromatic heterocycles. The number of rotatable bonds is 3. The lowest BCUT2D eigenvalue weighted by Crippen LogP contribution is -2.54. The van der Waals surface area contributed by atoms with Crippen LogP contribution in [-0.2, 0) is 4.79 Å². The Kier molecular flexibility index (Phi) is 2.63. The maximum atomic E-state index is 11.8. The normalized spacial score (nSPS) is 18.9. The molecule has 0 spiro atoms. The summed E-state index contributed by atoms with van der Waals surface area (Å²) in [6, 6.07) is 4.27. The molecule has 2 heterocycles. The van der Waals surface area contributed by atoms with Crippen molar-refractivity contribution in [2.45, 2.75) is 18.9 Å². The van der Waals surface area contributed by atoms with E-state index in [1.165, 1.54) is 0 Å². The highest BCUT2D eigenvalue weighted by molar-refractivity contribution is 5.82. The van der Waals surface area contributed by atoms with Crippen LogP contribution >= 0.6 is 0 Å². The Morgan fingerprint density at radius 1 is 1.50 bits per heavy atom. The van der Waals surface area contributed by atoms with E-state index in [9.17, 15) is 4.79 Å². The molecular weight excluding hydrogens is 228 g/mol. The van der Waals surface area contributed by atoms with Crippen LogP contribution in [0.15, 0.2) is 18.5 Å². The van der Waals surface area contributed by atoms with E-state index in [0.717, 1.165) is 18.5 Å². The Hall–Kier alpha value is -2.09. The molecule has 1 aliphatic heterocycles. The van der Waals surface area contributed by atoms with Gasteiger partial charge in [0, 0.05) is 25.3 Å². The van der Waals surface area contributed by atoms with E-state index in [0.29, 0.717) is 24.7 Å². The second-order valence-corrected chi connectivity index (χ2v) is 4.89. The molecule has 1 saturated heterocycles. The van der Waals surface area contributed by atoms with Crippen LogP contribution in [0.4, 0.5) is 5.69 Å². The molecular formula is C13H14N4O. The lowest BCUT2D eigenvalue weighted by molar-refractivity contribution is -0.125. The van der Waals surface area contributed by atoms with Gasteiger partial charge in [-0.2, -0.15) is 5.26 Å². The molecule has 1 saturated carbocycles. The minimum absolute atomic E-state index is 0.0531. The van der Waals surface area contributed by atoms with Crippen molar-refractivity contribution in [1.29, 1.82) is 5.26 Å². The highest BCUT2D eigenvalue weighted by atomic mass is 16.2. The third-order valence-corrected chi connectivity index (χ3v) is 3.44. The van der Waals surface area contributed by atoms with Gasteiger partial charge < -0.3 is 10.2 Å². The van der Waals surface area contributed by atoms with Gasteiger partial charge in [-0.25, -0.2) is 0 Å². The Balaban J connectivity index is 1.61. The number of hydrogen-bond donors (Lipinski definition) is 1. The van der Waals surface area contributed by atoms with E-state index in [-0.39, 0.29) is 11.8 Å². The van der Waals surface area contributed by atoms with Crippen LogP contribution in [0.5, 0.6) is 0 Å². The van der Waals surface area contributed by atoms with Crippen molar-refractivity contribution in [3.63, 3.8) is 0 Å². The average Bonchev–Trinajstić information content (AvgIpc) is 3.11. The van der Waals surface area contributed by atoms with E-state index in [2.05, 4.69) is 16.4 Å². The van der Waals surface area contributed by atoms with E-state index < -0.39 is 0 Å². The van der Waals surface area contributed by atoms with Gasteiger partial charge in [0.2, 0.25) is 5.91 Å². The number of nitriles is 1. The fraction of sp³-hybridized carbons (Fsp3) is 0.462. The number of hydrogen-bond acceptors (Lipinski definition) is 4. The first-order valence-corrected chi connectivity index (χ1v) is 6.17. The number of aromatic nitrogens is 1. The van der Waals surface area contributed by atoms with E-state index >= 15 is 0 Å². The molecule has 0 aromatic carbocycles. The van der Waals surface area contributed by atoms with Crippen LogP contribution in [0.25, 0.3) is 0 Å². The lowest BCUT2D eigenvalue weighted by atomic mass is 9.97. The summed E-state index contributed by atoms with van der Waals surface area (Å²) in [5.74, 6) is 0.202. The van der Waals surface area contributed by atoms with Gasteiger partial charge in [0.25, 0.3) is 0 Å². The van der Waals surface area contributed by atoms with Gasteiger partial charge >= 0.3 is 0 Å². The predicted molar refractivity (Wildman–Crippen MR) is 65.8 cm³/mol. The molecule has 1 N–H and O–H groups in total. The minimum atomic E-state index is 0.0531. The molecule has 92 valence electrons. The first-order valence-electron chi connectivity index (χ1n) is 6.17. The highest BCUT2D eigenvalue weighted by Crippen LogP contribution is 2.28. The smallest absolute Gasteiger partial charge is 0.226 e. The van der Waals surface area contributed by atoms with Crippen molar-refractivity contribution in [1.82, 2.24) is 10.3 Å². The maximum Gasteiger partial charge on any atom is 0.226 e. The van der Waals surface area contributed by atoms with Gasteiger partial charge in [-0.05, 0) is 18.9 Å². The van der Waals surface area contributed by atoms with Gasteiger partial charge in [0.05, 0.1) is 23.4 Å². The summed E-state index contributed by atoms with van der Waals surface area (Å²) >= 11 is 0. The van der Waals surface area contributed by atoms with Gasteiger partial charge in [0.1, 0.15) is 6.07 Å². The molecule has 1 aromatic rings. The molecule has 2 aliphatic rings. The number of nitrogens with one attached hydrogen (secondary N) is 1. The Bertz CT molecular complexity index is 512. The SMILES string of the molecule is N#Cc1ccncc1N1CC(C(=O)NC2CC2)C1. The van der Waals surface area contributed by atoms with Gasteiger partial charge in [-0.1, -0.05) is 0 Å². The average molecular weight is 242 g/mol. The largest absolute Gasteiger partial charge is 0.367 e. The van der Waals surface area contributed by atoms with Gasteiger partial charge in [-0.3, -0.25) is 9.78 Å². The zero-order valence-electron chi connectivity index (χ0n) is 9.97. The fourth-order valence-corrected chi connectivity index (χ4v) is 2.12. The molecule has 5 nitrogen and oxygen atoms in total. The predicted octanol–water partition coefficient (Wildman–Crippen LogP) is 0.668. The summed E-state index contributed by atoms with van der Waals surface area (Å²) in [6.45, 7) is 1.36. The monoisotopic (exact) mass is 242 g/mol. The van der Waals surface area contributed by atoms with Crippen LogP contribution < -0.4 is 10.2 Å². The number of carbonyl (C=O) groups excluding carboxylic acids is 1. The summed E-state index contributed by atoms with van der Waals surface area (Å²) in [4.78, 5) is 17.9. The fourth-order valence-electron chi connectivity index (χ4n) is 2.12. The standard InChI is InChI=1S/C13H14N4O/c14-5-9-3-4-15-6-12(9)17-7-10(8-17)13(18)16-11-1-2-11/h3-4,6,10-11H,1-2,7-8H2,(H,16,18). The Morgan fingerprint density at radius 3 is 2.94 bits per heavy atom. The highest BCUT2D eigenvalue weighted by Gasteiger charge is 2.36. The molecule has 0 bridgehead atoms. The third kappa shape index (κ3) is 2.02. The molecule has 3 rings (SSSR count). The second kappa shape index (κ2) is 4.30. The molecule has 5 heteroatoms. The number of anilines is 1. The van der Waals surface area contributed by atoms with Crippen molar-refractivity contribution in [3.05, 3.63) is 24.0 Å². The number of pyridine rings is 1. The molecule has 0 atom stereocenters. The van der Waals surface area contributed by atoms with Gasteiger partial charge in [0.15, 0.2) is 0 Å². The lowest BCUT2D eigenvalue weighted by Gasteiger charge is -2.40. The number of amides is 1. The molecule has 1 amide bonds. The Morgan fingerprint density at radius 2 is 2.28 bits per heavy atom. The quantitative estimate of drug-likeness (QED) is 0.845. The minimum Gasteiger partial charge on any atom is -0.367 e. The summed E-state index contributed by atoms with van der Waals surface area (Å²) in [6.07, 6.45) is 5.53. The van der Waals surface area contributed by atoms with Gasteiger partial charge in [-0.15, -0.1) is 0 Å².